The number of hydrogen-bond acceptors (Lipinski definition) is 5. The Morgan fingerprint density at radius 2 is 2.05 bits per heavy atom. The smallest absolute Gasteiger partial charge is 0.271 e. The highest BCUT2D eigenvalue weighted by molar-refractivity contribution is 5.93. The molecule has 3 aromatic rings. The average Bonchev–Trinajstić information content (AvgIpc) is 3.07. The first-order chi connectivity index (χ1) is 10.6. The molecule has 2 aromatic heterocycles. The zero-order valence-electron chi connectivity index (χ0n) is 12.0. The molecular weight excluding hydrogens is 282 g/mol. The van der Waals surface area contributed by atoms with Crippen molar-refractivity contribution < 1.29 is 14.3 Å². The number of furan rings is 1. The number of rotatable bonds is 4. The fourth-order valence-electron chi connectivity index (χ4n) is 2.08. The first-order valence-electron chi connectivity index (χ1n) is 6.83. The highest BCUT2D eigenvalue weighted by atomic mass is 16.4. The summed E-state index contributed by atoms with van der Waals surface area (Å²) < 4.78 is 5.16. The topological polar surface area (TPSA) is 88.2 Å². The van der Waals surface area contributed by atoms with Crippen LogP contribution in [0.5, 0.6) is 0 Å². The van der Waals surface area contributed by atoms with Gasteiger partial charge in [0.05, 0.1) is 30.0 Å². The van der Waals surface area contributed by atoms with Crippen molar-refractivity contribution in [1.29, 1.82) is 0 Å². The normalized spacial score (nSPS) is 13.7. The maximum atomic E-state index is 12.1. The number of amides is 1. The van der Waals surface area contributed by atoms with Gasteiger partial charge >= 0.3 is 0 Å². The van der Waals surface area contributed by atoms with Gasteiger partial charge in [0.2, 0.25) is 0 Å². The first-order valence-corrected chi connectivity index (χ1v) is 6.83. The Labute approximate surface area is 126 Å². The number of hydrogen-bond donors (Lipinski definition) is 2. The second-order valence-electron chi connectivity index (χ2n) is 5.18. The molecule has 1 atom stereocenters. The van der Waals surface area contributed by atoms with Gasteiger partial charge in [-0.1, -0.05) is 12.1 Å². The summed E-state index contributed by atoms with van der Waals surface area (Å²) in [4.78, 5) is 20.6. The van der Waals surface area contributed by atoms with E-state index in [1.54, 1.807) is 25.1 Å². The zero-order valence-corrected chi connectivity index (χ0v) is 12.0. The summed E-state index contributed by atoms with van der Waals surface area (Å²) in [5.74, 6) is -0.0116. The van der Waals surface area contributed by atoms with Crippen molar-refractivity contribution in [2.45, 2.75) is 12.5 Å². The average molecular weight is 297 g/mol. The Balaban J connectivity index is 1.73. The summed E-state index contributed by atoms with van der Waals surface area (Å²) in [6.45, 7) is 1.58. The fourth-order valence-corrected chi connectivity index (χ4v) is 2.08. The van der Waals surface area contributed by atoms with E-state index in [2.05, 4.69) is 15.3 Å². The van der Waals surface area contributed by atoms with Gasteiger partial charge in [0.25, 0.3) is 5.91 Å². The number of para-hydroxylation sites is 2. The summed E-state index contributed by atoms with van der Waals surface area (Å²) in [5, 5.41) is 12.9. The van der Waals surface area contributed by atoms with Crippen LogP contribution >= 0.6 is 0 Å². The van der Waals surface area contributed by atoms with Gasteiger partial charge < -0.3 is 14.8 Å². The molecule has 0 aliphatic rings. The molecule has 0 saturated heterocycles. The Morgan fingerprint density at radius 3 is 2.77 bits per heavy atom. The molecule has 1 aromatic carbocycles. The predicted octanol–water partition coefficient (Wildman–Crippen LogP) is 1.86. The molecule has 0 fully saturated rings. The van der Waals surface area contributed by atoms with Crippen LogP contribution in [0.4, 0.5) is 0 Å². The van der Waals surface area contributed by atoms with Gasteiger partial charge in [-0.05, 0) is 31.2 Å². The second kappa shape index (κ2) is 5.57. The molecule has 0 aliphatic carbocycles. The molecule has 22 heavy (non-hydrogen) atoms. The molecule has 0 aliphatic heterocycles. The van der Waals surface area contributed by atoms with E-state index in [9.17, 15) is 9.90 Å². The van der Waals surface area contributed by atoms with E-state index >= 15 is 0 Å². The third-order valence-corrected chi connectivity index (χ3v) is 3.33. The molecule has 1 unspecified atom stereocenters. The Morgan fingerprint density at radius 1 is 1.27 bits per heavy atom. The predicted molar refractivity (Wildman–Crippen MR) is 80.2 cm³/mol. The van der Waals surface area contributed by atoms with Gasteiger partial charge in [-0.2, -0.15) is 0 Å². The van der Waals surface area contributed by atoms with Gasteiger partial charge in [-0.25, -0.2) is 4.98 Å². The third kappa shape index (κ3) is 2.82. The van der Waals surface area contributed by atoms with Crippen LogP contribution in [0, 0.1) is 0 Å². The molecule has 2 heterocycles. The van der Waals surface area contributed by atoms with Gasteiger partial charge in [0.15, 0.2) is 0 Å². The van der Waals surface area contributed by atoms with Crippen LogP contribution in [0.25, 0.3) is 11.0 Å². The highest BCUT2D eigenvalue weighted by Gasteiger charge is 2.27. The quantitative estimate of drug-likeness (QED) is 0.767. The zero-order chi connectivity index (χ0) is 15.6. The lowest BCUT2D eigenvalue weighted by Crippen LogP contribution is -2.38. The summed E-state index contributed by atoms with van der Waals surface area (Å²) in [7, 11) is 0. The van der Waals surface area contributed by atoms with Gasteiger partial charge in [-0.15, -0.1) is 0 Å². The molecule has 6 heteroatoms. The molecule has 0 saturated carbocycles. The van der Waals surface area contributed by atoms with Crippen LogP contribution in [-0.4, -0.2) is 27.5 Å². The summed E-state index contributed by atoms with van der Waals surface area (Å²) in [6, 6.07) is 10.6. The number of carbonyl (C=O) groups excluding carboxylic acids is 1. The Hall–Kier alpha value is -2.73. The molecule has 0 spiro atoms. The van der Waals surface area contributed by atoms with Crippen molar-refractivity contribution in [3.05, 3.63) is 60.3 Å². The van der Waals surface area contributed by atoms with Crippen LogP contribution < -0.4 is 5.32 Å². The van der Waals surface area contributed by atoms with Crippen molar-refractivity contribution in [1.82, 2.24) is 15.3 Å². The fraction of sp³-hybridized carbons (Fsp3) is 0.188. The van der Waals surface area contributed by atoms with E-state index < -0.39 is 11.5 Å². The largest absolute Gasteiger partial charge is 0.466 e. The van der Waals surface area contributed by atoms with Gasteiger partial charge in [0, 0.05) is 0 Å². The summed E-state index contributed by atoms with van der Waals surface area (Å²) in [6.07, 6.45) is 2.89. The van der Waals surface area contributed by atoms with Crippen molar-refractivity contribution in [2.75, 3.05) is 6.54 Å². The highest BCUT2D eigenvalue weighted by Crippen LogP contribution is 2.19. The van der Waals surface area contributed by atoms with E-state index in [1.165, 1.54) is 12.5 Å². The minimum Gasteiger partial charge on any atom is -0.466 e. The van der Waals surface area contributed by atoms with Gasteiger partial charge in [0.1, 0.15) is 17.1 Å². The molecule has 0 bridgehead atoms. The van der Waals surface area contributed by atoms with Crippen molar-refractivity contribution >= 4 is 16.9 Å². The number of nitrogens with one attached hydrogen (secondary N) is 1. The molecular formula is C16H15N3O3. The van der Waals surface area contributed by atoms with E-state index in [0.29, 0.717) is 11.3 Å². The third-order valence-electron chi connectivity index (χ3n) is 3.33. The molecule has 2 N–H and O–H groups in total. The number of benzene rings is 1. The molecule has 0 radical (unpaired) electrons. The van der Waals surface area contributed by atoms with E-state index in [-0.39, 0.29) is 12.2 Å². The summed E-state index contributed by atoms with van der Waals surface area (Å²) >= 11 is 0. The first kappa shape index (κ1) is 14.2. The van der Waals surface area contributed by atoms with E-state index in [4.69, 9.17) is 4.42 Å². The van der Waals surface area contributed by atoms with Crippen molar-refractivity contribution in [2.24, 2.45) is 0 Å². The van der Waals surface area contributed by atoms with Crippen LogP contribution in [0.2, 0.25) is 0 Å². The summed E-state index contributed by atoms with van der Waals surface area (Å²) in [5.41, 5.74) is 0.284. The van der Waals surface area contributed by atoms with Crippen molar-refractivity contribution in [3.8, 4) is 0 Å². The number of aromatic nitrogens is 2. The minimum atomic E-state index is -1.29. The lowest BCUT2D eigenvalue weighted by Gasteiger charge is -2.20. The van der Waals surface area contributed by atoms with Gasteiger partial charge in [-0.3, -0.25) is 9.78 Å². The minimum absolute atomic E-state index is 0.00779. The maximum Gasteiger partial charge on any atom is 0.271 e. The van der Waals surface area contributed by atoms with Crippen LogP contribution in [0.15, 0.2) is 53.3 Å². The monoisotopic (exact) mass is 297 g/mol. The number of carbonyl (C=O) groups is 1. The Bertz CT molecular complexity index is 797. The SMILES string of the molecule is CC(O)(CNC(=O)c1cnc2ccccc2n1)c1ccco1. The van der Waals surface area contributed by atoms with Crippen LogP contribution in [0.1, 0.15) is 23.2 Å². The number of nitrogens with zero attached hydrogens (tertiary/aromatic N) is 2. The molecule has 112 valence electrons. The van der Waals surface area contributed by atoms with Crippen molar-refractivity contribution in [3.63, 3.8) is 0 Å². The lowest BCUT2D eigenvalue weighted by molar-refractivity contribution is 0.0329. The van der Waals surface area contributed by atoms with E-state index in [1.807, 2.05) is 18.2 Å². The molecule has 1 amide bonds. The van der Waals surface area contributed by atoms with Crippen LogP contribution in [-0.2, 0) is 5.60 Å². The number of aliphatic hydroxyl groups is 1. The molecule has 6 nitrogen and oxygen atoms in total. The van der Waals surface area contributed by atoms with Crippen LogP contribution in [0.3, 0.4) is 0 Å². The number of fused-ring (bicyclic) bond motifs is 1. The lowest BCUT2D eigenvalue weighted by atomic mass is 10.0. The van der Waals surface area contributed by atoms with E-state index in [0.717, 1.165) is 5.52 Å². The maximum absolute atomic E-state index is 12.1. The standard InChI is InChI=1S/C16H15N3O3/c1-16(21,14-7-4-8-22-14)10-18-15(20)13-9-17-11-5-2-3-6-12(11)19-13/h2-9,21H,10H2,1H3,(H,18,20). The Kier molecular flexibility index (Phi) is 3.60. The molecule has 3 rings (SSSR count). The second-order valence-corrected chi connectivity index (χ2v) is 5.18.